The Hall–Kier alpha value is -0.390. The topological polar surface area (TPSA) is 9.23 Å². The van der Waals surface area contributed by atoms with Crippen molar-refractivity contribution in [2.45, 2.75) is 89.5 Å². The number of ether oxygens (including phenoxy) is 1. The van der Waals surface area contributed by atoms with Gasteiger partial charge in [0.15, 0.2) is 0 Å². The first kappa shape index (κ1) is 18.9. The van der Waals surface area contributed by atoms with Gasteiger partial charge in [0.25, 0.3) is 0 Å². The Kier molecular flexibility index (Phi) is 6.31. The third kappa shape index (κ3) is 5.04. The van der Waals surface area contributed by atoms with Gasteiger partial charge in [-0.2, -0.15) is 22.0 Å². The van der Waals surface area contributed by atoms with Crippen LogP contribution in [0.15, 0.2) is 0 Å². The number of hydrogen-bond acceptors (Lipinski definition) is 1. The minimum atomic E-state index is -5.62. The second-order valence-electron chi connectivity index (χ2n) is 7.24. The van der Waals surface area contributed by atoms with Crippen LogP contribution in [0.25, 0.3) is 0 Å². The first-order valence-electron chi connectivity index (χ1n) is 8.85. The third-order valence-electron chi connectivity index (χ3n) is 5.62. The van der Waals surface area contributed by atoms with Crippen LogP contribution in [0.4, 0.5) is 22.0 Å². The summed E-state index contributed by atoms with van der Waals surface area (Å²) in [6.45, 7) is 2.20. The molecular formula is C17H27F5O. The molecule has 0 amide bonds. The van der Waals surface area contributed by atoms with E-state index in [-0.39, 0.29) is 0 Å². The van der Waals surface area contributed by atoms with Crippen LogP contribution < -0.4 is 0 Å². The summed E-state index contributed by atoms with van der Waals surface area (Å²) in [5.74, 6) is 1.91. The Morgan fingerprint density at radius 1 is 0.783 bits per heavy atom. The lowest BCUT2D eigenvalue weighted by Gasteiger charge is -2.38. The van der Waals surface area contributed by atoms with E-state index in [9.17, 15) is 22.0 Å². The highest BCUT2D eigenvalue weighted by molar-refractivity contribution is 4.83. The number of hydrogen-bond donors (Lipinski definition) is 0. The molecule has 0 aromatic carbocycles. The highest BCUT2D eigenvalue weighted by Gasteiger charge is 2.60. The van der Waals surface area contributed by atoms with E-state index in [2.05, 4.69) is 11.7 Å². The first-order valence-corrected chi connectivity index (χ1v) is 8.85. The van der Waals surface area contributed by atoms with E-state index in [0.717, 1.165) is 5.92 Å². The van der Waals surface area contributed by atoms with Crippen LogP contribution in [-0.4, -0.2) is 18.4 Å². The van der Waals surface area contributed by atoms with Crippen molar-refractivity contribution in [1.82, 2.24) is 0 Å². The summed E-state index contributed by atoms with van der Waals surface area (Å²) in [4.78, 5) is 0. The molecule has 0 N–H and O–H groups in total. The predicted molar refractivity (Wildman–Crippen MR) is 78.2 cm³/mol. The molecule has 136 valence electrons. The molecule has 0 radical (unpaired) electrons. The van der Waals surface area contributed by atoms with Crippen LogP contribution in [0.1, 0.15) is 71.1 Å². The molecule has 6 heteroatoms. The van der Waals surface area contributed by atoms with Crippen LogP contribution >= 0.6 is 0 Å². The maximum atomic E-state index is 12.9. The monoisotopic (exact) mass is 342 g/mol. The molecule has 0 aromatic heterocycles. The summed E-state index contributed by atoms with van der Waals surface area (Å²) >= 11 is 0. The van der Waals surface area contributed by atoms with Crippen LogP contribution in [0.3, 0.4) is 0 Å². The Labute approximate surface area is 135 Å². The van der Waals surface area contributed by atoms with Gasteiger partial charge in [0.1, 0.15) is 0 Å². The van der Waals surface area contributed by atoms with Crippen molar-refractivity contribution in [2.75, 3.05) is 0 Å². The van der Waals surface area contributed by atoms with E-state index >= 15 is 0 Å². The summed E-state index contributed by atoms with van der Waals surface area (Å²) < 4.78 is 66.5. The molecule has 0 aromatic rings. The van der Waals surface area contributed by atoms with Gasteiger partial charge in [-0.15, -0.1) is 0 Å². The SMILES string of the molecule is CCCC1CCC(C2CCC(OC(F)(F)C(F)(F)F)CC2)CC1. The average Bonchev–Trinajstić information content (AvgIpc) is 2.48. The normalized spacial score (nSPS) is 33.7. The molecule has 0 atom stereocenters. The van der Waals surface area contributed by atoms with E-state index in [1.165, 1.54) is 38.5 Å². The molecule has 0 aliphatic heterocycles. The number of rotatable bonds is 5. The lowest BCUT2D eigenvalue weighted by Crippen LogP contribution is -2.43. The summed E-state index contributed by atoms with van der Waals surface area (Å²) in [5, 5.41) is 0. The Morgan fingerprint density at radius 2 is 1.26 bits per heavy atom. The van der Waals surface area contributed by atoms with Gasteiger partial charge in [0.05, 0.1) is 6.10 Å². The molecule has 23 heavy (non-hydrogen) atoms. The van der Waals surface area contributed by atoms with Crippen molar-refractivity contribution in [3.8, 4) is 0 Å². The average molecular weight is 342 g/mol. The summed E-state index contributed by atoms with van der Waals surface area (Å²) in [6, 6.07) is 0. The molecule has 2 aliphatic rings. The fourth-order valence-electron chi connectivity index (χ4n) is 4.31. The van der Waals surface area contributed by atoms with Crippen LogP contribution in [0, 0.1) is 17.8 Å². The minimum absolute atomic E-state index is 0.311. The van der Waals surface area contributed by atoms with Gasteiger partial charge < -0.3 is 4.74 Å². The zero-order valence-corrected chi connectivity index (χ0v) is 13.7. The standard InChI is InChI=1S/C17H27F5O/c1-2-3-12-4-6-13(7-5-12)14-8-10-15(11-9-14)23-17(21,22)16(18,19)20/h12-15H,2-11H2,1H3. The number of alkyl halides is 5. The molecule has 0 saturated heterocycles. The molecule has 0 bridgehead atoms. The molecule has 2 aliphatic carbocycles. The van der Waals surface area contributed by atoms with E-state index in [1.54, 1.807) is 0 Å². The van der Waals surface area contributed by atoms with E-state index in [1.807, 2.05) is 0 Å². The third-order valence-corrected chi connectivity index (χ3v) is 5.62. The fraction of sp³-hybridized carbons (Fsp3) is 1.00. The first-order chi connectivity index (χ1) is 10.7. The molecular weight excluding hydrogens is 315 g/mol. The highest BCUT2D eigenvalue weighted by Crippen LogP contribution is 2.44. The lowest BCUT2D eigenvalue weighted by molar-refractivity contribution is -0.404. The second-order valence-corrected chi connectivity index (χ2v) is 7.24. The second kappa shape index (κ2) is 7.66. The Morgan fingerprint density at radius 3 is 1.70 bits per heavy atom. The van der Waals surface area contributed by atoms with E-state index in [0.29, 0.717) is 37.5 Å². The molecule has 0 heterocycles. The predicted octanol–water partition coefficient (Wildman–Crippen LogP) is 6.32. The summed E-state index contributed by atoms with van der Waals surface area (Å²) in [5.41, 5.74) is 0. The molecule has 0 unspecified atom stereocenters. The van der Waals surface area contributed by atoms with E-state index in [4.69, 9.17) is 0 Å². The maximum Gasteiger partial charge on any atom is 0.482 e. The van der Waals surface area contributed by atoms with Crippen LogP contribution in [0.5, 0.6) is 0 Å². The summed E-state index contributed by atoms with van der Waals surface area (Å²) in [7, 11) is 0. The number of halogens is 5. The Bertz CT molecular complexity index is 352. The highest BCUT2D eigenvalue weighted by atomic mass is 19.4. The van der Waals surface area contributed by atoms with Crippen LogP contribution in [0.2, 0.25) is 0 Å². The van der Waals surface area contributed by atoms with Crippen molar-refractivity contribution in [3.05, 3.63) is 0 Å². The van der Waals surface area contributed by atoms with Gasteiger partial charge in [0, 0.05) is 0 Å². The minimum Gasteiger partial charge on any atom is -0.310 e. The summed E-state index contributed by atoms with van der Waals surface area (Å²) in [6.07, 6.45) is -2.25. The van der Waals surface area contributed by atoms with Gasteiger partial charge in [0.2, 0.25) is 0 Å². The largest absolute Gasteiger partial charge is 0.482 e. The molecule has 2 fully saturated rings. The van der Waals surface area contributed by atoms with Gasteiger partial charge >= 0.3 is 12.3 Å². The van der Waals surface area contributed by atoms with Crippen molar-refractivity contribution in [1.29, 1.82) is 0 Å². The molecule has 2 rings (SSSR count). The Balaban J connectivity index is 1.74. The molecule has 1 nitrogen and oxygen atoms in total. The van der Waals surface area contributed by atoms with Crippen molar-refractivity contribution in [3.63, 3.8) is 0 Å². The fourth-order valence-corrected chi connectivity index (χ4v) is 4.31. The van der Waals surface area contributed by atoms with Gasteiger partial charge in [-0.05, 0) is 56.3 Å². The van der Waals surface area contributed by atoms with Gasteiger partial charge in [-0.3, -0.25) is 0 Å². The zero-order chi connectivity index (χ0) is 17.1. The van der Waals surface area contributed by atoms with E-state index < -0.39 is 18.4 Å². The van der Waals surface area contributed by atoms with Crippen molar-refractivity contribution >= 4 is 0 Å². The van der Waals surface area contributed by atoms with Gasteiger partial charge in [-0.1, -0.05) is 32.6 Å². The maximum absolute atomic E-state index is 12.9. The van der Waals surface area contributed by atoms with Crippen molar-refractivity contribution < 1.29 is 26.7 Å². The van der Waals surface area contributed by atoms with Crippen molar-refractivity contribution in [2.24, 2.45) is 17.8 Å². The molecule has 2 saturated carbocycles. The zero-order valence-electron chi connectivity index (χ0n) is 13.7. The molecule has 0 spiro atoms. The smallest absolute Gasteiger partial charge is 0.310 e. The van der Waals surface area contributed by atoms with Gasteiger partial charge in [-0.25, -0.2) is 0 Å². The van der Waals surface area contributed by atoms with Crippen LogP contribution in [-0.2, 0) is 4.74 Å². The quantitative estimate of drug-likeness (QED) is 0.531. The lowest BCUT2D eigenvalue weighted by atomic mass is 9.70.